The van der Waals surface area contributed by atoms with Crippen molar-refractivity contribution in [3.63, 3.8) is 0 Å². The summed E-state index contributed by atoms with van der Waals surface area (Å²) in [6.45, 7) is 0.157. The number of benzene rings is 2. The molecule has 2 aromatic rings. The molecule has 0 fully saturated rings. The van der Waals surface area contributed by atoms with Crippen LogP contribution in [0.15, 0.2) is 34.8 Å². The third kappa shape index (κ3) is 3.32. The molecular weight excluding hydrogens is 356 g/mol. The summed E-state index contributed by atoms with van der Waals surface area (Å²) in [5.41, 5.74) is 6.79. The normalized spacial score (nSPS) is 10.5. The Morgan fingerprint density at radius 2 is 2.00 bits per heavy atom. The highest BCUT2D eigenvalue weighted by molar-refractivity contribution is 9.10. The van der Waals surface area contributed by atoms with Gasteiger partial charge in [0.25, 0.3) is 0 Å². The van der Waals surface area contributed by atoms with Gasteiger partial charge < -0.3 is 10.5 Å². The van der Waals surface area contributed by atoms with Gasteiger partial charge in [-0.25, -0.2) is 4.39 Å². The number of anilines is 1. The number of nitrogens with two attached hydrogens (primary N) is 1. The molecule has 0 aromatic heterocycles. The maximum atomic E-state index is 13.4. The van der Waals surface area contributed by atoms with Crippen LogP contribution in [0.4, 0.5) is 10.1 Å². The average molecular weight is 365 g/mol. The molecule has 2 nitrogen and oxygen atoms in total. The van der Waals surface area contributed by atoms with Crippen molar-refractivity contribution in [2.75, 3.05) is 5.73 Å². The van der Waals surface area contributed by atoms with Gasteiger partial charge in [0.05, 0.1) is 20.2 Å². The molecule has 2 N–H and O–H groups in total. The molecule has 0 saturated heterocycles. The minimum Gasteiger partial charge on any atom is -0.487 e. The highest BCUT2D eigenvalue weighted by Crippen LogP contribution is 2.31. The fourth-order valence-corrected chi connectivity index (χ4v) is 2.22. The Labute approximate surface area is 128 Å². The molecule has 0 atom stereocenters. The maximum Gasteiger partial charge on any atom is 0.145 e. The molecule has 0 saturated carbocycles. The molecule has 0 aliphatic carbocycles. The third-order valence-electron chi connectivity index (χ3n) is 2.47. The molecule has 0 spiro atoms. The minimum absolute atomic E-state index is 0.157. The number of hydrogen-bond donors (Lipinski definition) is 1. The first-order valence-electron chi connectivity index (χ1n) is 5.29. The van der Waals surface area contributed by atoms with Crippen molar-refractivity contribution in [1.29, 1.82) is 0 Å². The van der Waals surface area contributed by atoms with E-state index in [4.69, 9.17) is 33.7 Å². The number of hydrogen-bond acceptors (Lipinski definition) is 2. The lowest BCUT2D eigenvalue weighted by atomic mass is 10.2. The molecule has 2 rings (SSSR count). The zero-order valence-electron chi connectivity index (χ0n) is 9.59. The molecule has 0 aliphatic heterocycles. The molecular formula is C13H9BrCl2FNO. The first kappa shape index (κ1) is 14.4. The monoisotopic (exact) mass is 363 g/mol. The van der Waals surface area contributed by atoms with E-state index in [1.165, 1.54) is 12.1 Å². The summed E-state index contributed by atoms with van der Waals surface area (Å²) in [5.74, 6) is -0.182. The van der Waals surface area contributed by atoms with Gasteiger partial charge in [0.15, 0.2) is 0 Å². The van der Waals surface area contributed by atoms with Gasteiger partial charge >= 0.3 is 0 Å². The summed E-state index contributed by atoms with van der Waals surface area (Å²) in [6.07, 6.45) is 0. The lowest BCUT2D eigenvalue weighted by Crippen LogP contribution is -2.00. The van der Waals surface area contributed by atoms with Crippen LogP contribution in [0.3, 0.4) is 0 Å². The van der Waals surface area contributed by atoms with E-state index in [-0.39, 0.29) is 16.8 Å². The molecule has 2 aromatic carbocycles. The largest absolute Gasteiger partial charge is 0.487 e. The van der Waals surface area contributed by atoms with Crippen LogP contribution >= 0.6 is 39.1 Å². The Morgan fingerprint density at radius 3 is 2.74 bits per heavy atom. The van der Waals surface area contributed by atoms with Crippen molar-refractivity contribution < 1.29 is 9.13 Å². The van der Waals surface area contributed by atoms with Crippen LogP contribution in [0.2, 0.25) is 10.0 Å². The van der Waals surface area contributed by atoms with Gasteiger partial charge in [0, 0.05) is 11.6 Å². The predicted octanol–water partition coefficient (Wildman–Crippen LogP) is 5.06. The first-order chi connectivity index (χ1) is 8.99. The quantitative estimate of drug-likeness (QED) is 0.773. The Bertz CT molecular complexity index is 622. The zero-order chi connectivity index (χ0) is 14.0. The van der Waals surface area contributed by atoms with Gasteiger partial charge in [-0.2, -0.15) is 0 Å². The van der Waals surface area contributed by atoms with E-state index in [0.717, 1.165) is 0 Å². The SMILES string of the molecule is Nc1cc(Br)c(F)cc1OCc1cccc(Cl)c1Cl. The Morgan fingerprint density at radius 1 is 1.26 bits per heavy atom. The van der Waals surface area contributed by atoms with Crippen molar-refractivity contribution in [3.8, 4) is 5.75 Å². The molecule has 0 amide bonds. The fourth-order valence-electron chi connectivity index (χ4n) is 1.48. The van der Waals surface area contributed by atoms with Crippen molar-refractivity contribution in [2.24, 2.45) is 0 Å². The van der Waals surface area contributed by atoms with Crippen molar-refractivity contribution in [2.45, 2.75) is 6.61 Å². The summed E-state index contributed by atoms with van der Waals surface area (Å²) < 4.78 is 19.2. The molecule has 0 radical (unpaired) electrons. The Kier molecular flexibility index (Phi) is 4.55. The Balaban J connectivity index is 2.19. The van der Waals surface area contributed by atoms with E-state index in [1.807, 2.05) is 0 Å². The summed E-state index contributed by atoms with van der Waals surface area (Å²) in [4.78, 5) is 0. The number of nitrogen functional groups attached to an aromatic ring is 1. The maximum absolute atomic E-state index is 13.4. The second-order valence-electron chi connectivity index (χ2n) is 3.81. The van der Waals surface area contributed by atoms with E-state index < -0.39 is 5.82 Å². The fraction of sp³-hybridized carbons (Fsp3) is 0.0769. The first-order valence-corrected chi connectivity index (χ1v) is 6.84. The summed E-state index contributed by atoms with van der Waals surface area (Å²) >= 11 is 15.0. The second-order valence-corrected chi connectivity index (χ2v) is 5.45. The van der Waals surface area contributed by atoms with Crippen LogP contribution < -0.4 is 10.5 Å². The van der Waals surface area contributed by atoms with E-state index in [0.29, 0.717) is 21.3 Å². The van der Waals surface area contributed by atoms with Crippen LogP contribution in [-0.2, 0) is 6.61 Å². The van der Waals surface area contributed by atoms with Gasteiger partial charge in [0.2, 0.25) is 0 Å². The van der Waals surface area contributed by atoms with Crippen molar-refractivity contribution in [3.05, 3.63) is 56.2 Å². The third-order valence-corrected chi connectivity index (χ3v) is 3.93. The molecule has 0 heterocycles. The van der Waals surface area contributed by atoms with Crippen LogP contribution in [0.1, 0.15) is 5.56 Å². The van der Waals surface area contributed by atoms with Gasteiger partial charge in [-0.15, -0.1) is 0 Å². The summed E-state index contributed by atoms with van der Waals surface area (Å²) in [6, 6.07) is 7.89. The molecule has 19 heavy (non-hydrogen) atoms. The predicted molar refractivity (Wildman–Crippen MR) is 79.3 cm³/mol. The topological polar surface area (TPSA) is 35.2 Å². The van der Waals surface area contributed by atoms with E-state index >= 15 is 0 Å². The standard InChI is InChI=1S/C13H9BrCl2FNO/c14-8-4-11(18)12(5-10(8)17)19-6-7-2-1-3-9(15)13(7)16/h1-5H,6,18H2. The molecule has 100 valence electrons. The van der Waals surface area contributed by atoms with Crippen molar-refractivity contribution >= 4 is 44.8 Å². The molecule has 0 bridgehead atoms. The number of ether oxygens (including phenoxy) is 1. The molecule has 0 aliphatic rings. The van der Waals surface area contributed by atoms with E-state index in [2.05, 4.69) is 15.9 Å². The van der Waals surface area contributed by atoms with Gasteiger partial charge in [-0.1, -0.05) is 35.3 Å². The average Bonchev–Trinajstić information content (AvgIpc) is 2.37. The van der Waals surface area contributed by atoms with Crippen LogP contribution in [0.25, 0.3) is 0 Å². The summed E-state index contributed by atoms with van der Waals surface area (Å²) in [5, 5.41) is 0.859. The number of halogens is 4. The van der Waals surface area contributed by atoms with E-state index in [9.17, 15) is 4.39 Å². The lowest BCUT2D eigenvalue weighted by molar-refractivity contribution is 0.306. The lowest BCUT2D eigenvalue weighted by Gasteiger charge is -2.11. The molecule has 0 unspecified atom stereocenters. The minimum atomic E-state index is -0.443. The highest BCUT2D eigenvalue weighted by Gasteiger charge is 2.09. The van der Waals surface area contributed by atoms with Gasteiger partial charge in [-0.05, 0) is 28.1 Å². The second kappa shape index (κ2) is 5.99. The molecule has 6 heteroatoms. The van der Waals surface area contributed by atoms with Crippen LogP contribution in [-0.4, -0.2) is 0 Å². The van der Waals surface area contributed by atoms with Gasteiger partial charge in [-0.3, -0.25) is 0 Å². The van der Waals surface area contributed by atoms with Crippen LogP contribution in [0, 0.1) is 5.82 Å². The summed E-state index contributed by atoms with van der Waals surface area (Å²) in [7, 11) is 0. The zero-order valence-corrected chi connectivity index (χ0v) is 12.7. The number of rotatable bonds is 3. The smallest absolute Gasteiger partial charge is 0.145 e. The van der Waals surface area contributed by atoms with E-state index in [1.54, 1.807) is 18.2 Å². The van der Waals surface area contributed by atoms with Gasteiger partial charge in [0.1, 0.15) is 18.2 Å². The highest BCUT2D eigenvalue weighted by atomic mass is 79.9. The van der Waals surface area contributed by atoms with Crippen LogP contribution in [0.5, 0.6) is 5.75 Å². The van der Waals surface area contributed by atoms with Crippen molar-refractivity contribution in [1.82, 2.24) is 0 Å². The Hall–Kier alpha value is -0.970.